The number of aromatic nitrogens is 1. The van der Waals surface area contributed by atoms with Crippen molar-refractivity contribution in [3.05, 3.63) is 71.2 Å². The number of carbonyl (C=O) groups is 2. The lowest BCUT2D eigenvalue weighted by atomic mass is 9.79. The van der Waals surface area contributed by atoms with Crippen LogP contribution in [-0.4, -0.2) is 66.1 Å². The Balaban J connectivity index is 0.000000761. The predicted octanol–water partition coefficient (Wildman–Crippen LogP) is 6.24. The summed E-state index contributed by atoms with van der Waals surface area (Å²) in [6.07, 6.45) is 13.8. The molecule has 250 valence electrons. The number of hydrogen-bond acceptors (Lipinski definition) is 6. The van der Waals surface area contributed by atoms with Crippen LogP contribution in [0, 0.1) is 12.8 Å². The van der Waals surface area contributed by atoms with Crippen molar-refractivity contribution in [1.82, 2.24) is 25.8 Å². The zero-order valence-corrected chi connectivity index (χ0v) is 28.7. The van der Waals surface area contributed by atoms with Gasteiger partial charge in [0, 0.05) is 37.2 Å². The van der Waals surface area contributed by atoms with E-state index in [1.54, 1.807) is 12.1 Å². The average Bonchev–Trinajstić information content (AvgIpc) is 3.01. The lowest BCUT2D eigenvalue weighted by Gasteiger charge is -2.33. The average molecular weight is 622 g/mol. The highest BCUT2D eigenvalue weighted by molar-refractivity contribution is 5.85. The number of hydrogen-bond donors (Lipinski definition) is 4. The van der Waals surface area contributed by atoms with E-state index in [-0.39, 0.29) is 30.9 Å². The Labute approximate surface area is 272 Å². The Morgan fingerprint density at radius 2 is 1.78 bits per heavy atom. The smallest absolute Gasteiger partial charge is 0.239 e. The number of phenols is 1. The standard InChI is InChI=1S/C30H51N5O2.C7H8O/c1-6-9-17-27(30(23(4)8-3)33-18-7-2)35(5)22-29(37)34-21-28(36)32-20-12-16-26-25(15-11-19-31-26)24-13-10-14-24;1-6-2-4-7(8)5-3-6/h11,15,17,19,23-24,30,33H,6-10,12-14,16,18,20-22H2,1-5H3,(H,32,36)(H,34,37);2-5,8H,1H3/b27-17+;. The third kappa shape index (κ3) is 14.1. The molecule has 0 bridgehead atoms. The van der Waals surface area contributed by atoms with E-state index in [0.29, 0.717) is 24.1 Å². The molecule has 0 spiro atoms. The van der Waals surface area contributed by atoms with E-state index in [0.717, 1.165) is 50.8 Å². The molecule has 3 rings (SSSR count). The molecule has 2 amide bonds. The molecule has 2 atom stereocenters. The second kappa shape index (κ2) is 21.4. The molecular weight excluding hydrogens is 562 g/mol. The van der Waals surface area contributed by atoms with Crippen LogP contribution in [0.3, 0.4) is 0 Å². The number of rotatable bonds is 18. The summed E-state index contributed by atoms with van der Waals surface area (Å²) >= 11 is 0. The lowest BCUT2D eigenvalue weighted by molar-refractivity contribution is -0.126. The Morgan fingerprint density at radius 1 is 1.04 bits per heavy atom. The Morgan fingerprint density at radius 3 is 2.38 bits per heavy atom. The van der Waals surface area contributed by atoms with Crippen LogP contribution in [-0.2, 0) is 16.0 Å². The van der Waals surface area contributed by atoms with Crippen molar-refractivity contribution >= 4 is 11.8 Å². The summed E-state index contributed by atoms with van der Waals surface area (Å²) in [7, 11) is 1.97. The number of aromatic hydroxyl groups is 1. The molecule has 0 radical (unpaired) electrons. The van der Waals surface area contributed by atoms with E-state index in [1.807, 2.05) is 43.3 Å². The van der Waals surface area contributed by atoms with Gasteiger partial charge in [-0.25, -0.2) is 0 Å². The second-order valence-electron chi connectivity index (χ2n) is 12.3. The van der Waals surface area contributed by atoms with Crippen LogP contribution in [0.4, 0.5) is 0 Å². The van der Waals surface area contributed by atoms with Crippen molar-refractivity contribution < 1.29 is 14.7 Å². The number of pyridine rings is 1. The van der Waals surface area contributed by atoms with Gasteiger partial charge in [-0.05, 0) is 87.6 Å². The van der Waals surface area contributed by atoms with E-state index in [1.165, 1.54) is 36.1 Å². The van der Waals surface area contributed by atoms with Crippen LogP contribution in [0.15, 0.2) is 54.4 Å². The summed E-state index contributed by atoms with van der Waals surface area (Å²) in [5.41, 5.74) is 4.88. The van der Waals surface area contributed by atoms with Crippen molar-refractivity contribution in [2.45, 2.75) is 104 Å². The number of unbranched alkanes of at least 4 members (excludes halogenated alkanes) is 1. The molecule has 2 aromatic rings. The summed E-state index contributed by atoms with van der Waals surface area (Å²) < 4.78 is 0. The summed E-state index contributed by atoms with van der Waals surface area (Å²) in [5, 5.41) is 18.2. The van der Waals surface area contributed by atoms with Gasteiger partial charge < -0.3 is 26.0 Å². The normalized spacial score (nSPS) is 14.4. The quantitative estimate of drug-likeness (QED) is 0.147. The second-order valence-corrected chi connectivity index (χ2v) is 12.3. The topological polar surface area (TPSA) is 107 Å². The van der Waals surface area contributed by atoms with Gasteiger partial charge in [-0.2, -0.15) is 0 Å². The number of likely N-dealkylation sites (N-methyl/N-ethyl adjacent to an activating group) is 1. The molecule has 45 heavy (non-hydrogen) atoms. The van der Waals surface area contributed by atoms with Crippen molar-refractivity contribution in [2.24, 2.45) is 5.92 Å². The number of benzene rings is 1. The van der Waals surface area contributed by atoms with Gasteiger partial charge in [0.2, 0.25) is 11.8 Å². The maximum atomic E-state index is 12.7. The molecule has 0 aliphatic heterocycles. The maximum absolute atomic E-state index is 12.7. The fourth-order valence-corrected chi connectivity index (χ4v) is 5.33. The molecule has 1 saturated carbocycles. The zero-order valence-electron chi connectivity index (χ0n) is 28.7. The summed E-state index contributed by atoms with van der Waals surface area (Å²) in [6.45, 7) is 12.5. The number of amides is 2. The molecule has 1 fully saturated rings. The molecule has 1 aliphatic rings. The summed E-state index contributed by atoms with van der Waals surface area (Å²) in [4.78, 5) is 31.6. The number of allylic oxidation sites excluding steroid dienone is 1. The van der Waals surface area contributed by atoms with Crippen LogP contribution >= 0.6 is 0 Å². The summed E-state index contributed by atoms with van der Waals surface area (Å²) in [5.74, 6) is 1.15. The molecule has 4 N–H and O–H groups in total. The summed E-state index contributed by atoms with van der Waals surface area (Å²) in [6, 6.07) is 11.5. The molecule has 1 aromatic heterocycles. The largest absolute Gasteiger partial charge is 0.508 e. The van der Waals surface area contributed by atoms with Gasteiger partial charge in [0.05, 0.1) is 13.1 Å². The van der Waals surface area contributed by atoms with E-state index >= 15 is 0 Å². The van der Waals surface area contributed by atoms with Gasteiger partial charge in [-0.3, -0.25) is 14.6 Å². The minimum atomic E-state index is -0.153. The lowest BCUT2D eigenvalue weighted by Crippen LogP contribution is -2.46. The van der Waals surface area contributed by atoms with Gasteiger partial charge in [0.25, 0.3) is 0 Å². The monoisotopic (exact) mass is 621 g/mol. The molecule has 1 aliphatic carbocycles. The molecule has 8 nitrogen and oxygen atoms in total. The van der Waals surface area contributed by atoms with Gasteiger partial charge in [0.1, 0.15) is 5.75 Å². The highest BCUT2D eigenvalue weighted by Crippen LogP contribution is 2.37. The van der Waals surface area contributed by atoms with Crippen LogP contribution < -0.4 is 16.0 Å². The minimum absolute atomic E-state index is 0.000464. The van der Waals surface area contributed by atoms with Crippen molar-refractivity contribution in [3.63, 3.8) is 0 Å². The Hall–Kier alpha value is -3.39. The SMILES string of the molecule is CCC/C=C(\C(NCCC)C(C)CC)N(C)CC(=O)NCC(=O)NCCCc1ncccc1C1CCC1.Cc1ccc(O)cc1. The van der Waals surface area contributed by atoms with Gasteiger partial charge in [-0.1, -0.05) is 76.8 Å². The molecule has 8 heteroatoms. The highest BCUT2D eigenvalue weighted by atomic mass is 16.3. The number of phenolic OH excluding ortho intramolecular Hbond substituents is 1. The fourth-order valence-electron chi connectivity index (χ4n) is 5.33. The first-order valence-electron chi connectivity index (χ1n) is 17.1. The number of nitrogens with one attached hydrogen (secondary N) is 3. The van der Waals surface area contributed by atoms with Crippen LogP contribution in [0.25, 0.3) is 0 Å². The van der Waals surface area contributed by atoms with Crippen molar-refractivity contribution in [3.8, 4) is 5.75 Å². The third-order valence-electron chi connectivity index (χ3n) is 8.47. The predicted molar refractivity (Wildman–Crippen MR) is 185 cm³/mol. The van der Waals surface area contributed by atoms with Gasteiger partial charge >= 0.3 is 0 Å². The molecule has 0 saturated heterocycles. The first kappa shape index (κ1) is 37.8. The fraction of sp³-hybridized carbons (Fsp3) is 0.595. The van der Waals surface area contributed by atoms with E-state index in [4.69, 9.17) is 5.11 Å². The first-order valence-corrected chi connectivity index (χ1v) is 17.1. The highest BCUT2D eigenvalue weighted by Gasteiger charge is 2.24. The number of nitrogens with zero attached hydrogens (tertiary/aromatic N) is 2. The van der Waals surface area contributed by atoms with E-state index in [9.17, 15) is 9.59 Å². The number of aryl methyl sites for hydroxylation is 2. The van der Waals surface area contributed by atoms with Crippen LogP contribution in [0.1, 0.15) is 102 Å². The van der Waals surface area contributed by atoms with E-state index < -0.39 is 0 Å². The first-order chi connectivity index (χ1) is 21.7. The van der Waals surface area contributed by atoms with Crippen molar-refractivity contribution in [2.75, 3.05) is 33.2 Å². The van der Waals surface area contributed by atoms with Gasteiger partial charge in [0.15, 0.2) is 0 Å². The van der Waals surface area contributed by atoms with Crippen LogP contribution in [0.2, 0.25) is 0 Å². The molecular formula is C37H59N5O3. The zero-order chi connectivity index (χ0) is 33.0. The molecule has 1 heterocycles. The van der Waals surface area contributed by atoms with Crippen LogP contribution in [0.5, 0.6) is 5.75 Å². The van der Waals surface area contributed by atoms with E-state index in [2.05, 4.69) is 60.8 Å². The number of carbonyl (C=O) groups excluding carboxylic acids is 2. The minimum Gasteiger partial charge on any atom is -0.508 e. The van der Waals surface area contributed by atoms with Crippen molar-refractivity contribution in [1.29, 1.82) is 0 Å². The third-order valence-corrected chi connectivity index (χ3v) is 8.47. The Bertz CT molecular complexity index is 1140. The molecule has 2 unspecified atom stereocenters. The maximum Gasteiger partial charge on any atom is 0.239 e. The molecule has 1 aromatic carbocycles. The Kier molecular flexibility index (Phi) is 17.9. The van der Waals surface area contributed by atoms with Gasteiger partial charge in [-0.15, -0.1) is 0 Å².